The molecule has 4 aliphatic rings. The number of benzene rings is 8. The Morgan fingerprint density at radius 2 is 0.830 bits per heavy atom. The zero-order chi connectivity index (χ0) is 96.7. The lowest BCUT2D eigenvalue weighted by atomic mass is 9.80. The van der Waals surface area contributed by atoms with Crippen LogP contribution in [0.3, 0.4) is 0 Å². The van der Waals surface area contributed by atoms with Gasteiger partial charge < -0.3 is 46.6 Å². The van der Waals surface area contributed by atoms with Crippen LogP contribution in [-0.2, 0) is 62.1 Å². The lowest BCUT2D eigenvalue weighted by Crippen LogP contribution is -2.42. The summed E-state index contributed by atoms with van der Waals surface area (Å²) in [6.45, 7) is 1.98. The molecule has 5 unspecified atom stereocenters. The molecule has 1 saturated heterocycles. The Kier molecular flexibility index (Phi) is 27.3. The molecule has 8 aromatic carbocycles. The van der Waals surface area contributed by atoms with E-state index in [0.717, 1.165) is 71.3 Å². The Balaban J connectivity index is 0.000000143. The van der Waals surface area contributed by atoms with Crippen molar-refractivity contribution in [3.8, 4) is 45.8 Å². The number of nitrogens with one attached hydrogen (secondary N) is 1. The average molecular weight is 1990 g/mol. The second kappa shape index (κ2) is 38.6. The lowest BCUT2D eigenvalue weighted by Gasteiger charge is -2.23. The fourth-order valence-corrected chi connectivity index (χ4v) is 19.9. The Morgan fingerprint density at radius 3 is 1.18 bits per heavy atom. The molecule has 1 N–H and O–H groups in total. The number of sulfonamides is 3. The van der Waals surface area contributed by atoms with Crippen LogP contribution in [-0.4, -0.2) is 146 Å². The van der Waals surface area contributed by atoms with Crippen LogP contribution in [0, 0.1) is 35.2 Å². The maximum absolute atomic E-state index is 15.9. The van der Waals surface area contributed by atoms with Gasteiger partial charge in [0, 0.05) is 81.0 Å². The number of nitrogens with zero attached hydrogens (tertiary/aromatic N) is 9. The van der Waals surface area contributed by atoms with E-state index in [1.54, 1.807) is 78.7 Å². The first kappa shape index (κ1) is 95.7. The van der Waals surface area contributed by atoms with Crippen LogP contribution in [0.4, 0.5) is 57.0 Å². The number of rotatable bonds is 24. The molecular formula is C90H77BBrF9N10O21S3. The van der Waals surface area contributed by atoms with E-state index >= 15 is 13.2 Å². The first-order valence-electron chi connectivity index (χ1n) is 40.7. The zero-order valence-corrected chi connectivity index (χ0v) is 75.8. The number of anilines is 3. The molecule has 0 radical (unpaired) electrons. The third-order valence-corrected chi connectivity index (χ3v) is 28.0. The first-order valence-corrected chi connectivity index (χ1v) is 45.9. The summed E-state index contributed by atoms with van der Waals surface area (Å²) in [7, 11) is -5.35. The van der Waals surface area contributed by atoms with Crippen LogP contribution in [0.1, 0.15) is 60.3 Å². The van der Waals surface area contributed by atoms with Crippen molar-refractivity contribution in [2.45, 2.75) is 84.0 Å². The summed E-state index contributed by atoms with van der Waals surface area (Å²) in [6, 6.07) is 45.0. The third-order valence-electron chi connectivity index (χ3n) is 22.6. The van der Waals surface area contributed by atoms with E-state index < -0.39 is 122 Å². The molecular weight excluding hydrogens is 1910 g/mol. The van der Waals surface area contributed by atoms with Crippen molar-refractivity contribution in [2.75, 3.05) is 69.0 Å². The smallest absolute Gasteiger partial charge is 0.498 e. The molecule has 135 heavy (non-hydrogen) atoms. The highest BCUT2D eigenvalue weighted by atomic mass is 79.9. The number of halogens is 10. The lowest BCUT2D eigenvalue weighted by molar-refractivity contribution is -0.149. The number of pyridine rings is 3. The summed E-state index contributed by atoms with van der Waals surface area (Å²) in [4.78, 5) is 61.2. The Hall–Kier alpha value is -13.9. The summed E-state index contributed by atoms with van der Waals surface area (Å²) in [5.41, 5.74) is 1.27. The van der Waals surface area contributed by atoms with E-state index in [-0.39, 0.29) is 124 Å². The van der Waals surface area contributed by atoms with Crippen molar-refractivity contribution in [3.63, 3.8) is 0 Å². The molecule has 1 aliphatic heterocycles. The summed E-state index contributed by atoms with van der Waals surface area (Å²) < 4.78 is 266. The van der Waals surface area contributed by atoms with Gasteiger partial charge in [0.2, 0.25) is 0 Å². The number of hydrogen-bond donors (Lipinski definition) is 1. The summed E-state index contributed by atoms with van der Waals surface area (Å²) in [5.74, 6) is -6.13. The molecule has 4 fully saturated rings. The number of carbonyl (C=O) groups excluding carboxylic acids is 2. The van der Waals surface area contributed by atoms with E-state index in [2.05, 4.69) is 47.6 Å². The second-order valence-electron chi connectivity index (χ2n) is 31.5. The molecule has 704 valence electrons. The Bertz CT molecular complexity index is 7380. The fourth-order valence-electron chi connectivity index (χ4n) is 15.5. The van der Waals surface area contributed by atoms with Gasteiger partial charge in [0.05, 0.1) is 107 Å². The summed E-state index contributed by atoms with van der Waals surface area (Å²) in [5, 5.41) is 11.7. The predicted molar refractivity (Wildman–Crippen MR) is 476 cm³/mol. The highest BCUT2D eigenvalue weighted by molar-refractivity contribution is 9.10. The topological polar surface area (TPSA) is 367 Å². The minimum Gasteiger partial charge on any atom is -0.498 e. The standard InChI is InChI=1S/C31H25F4N3O6S.C27H21BrFN3O6S.C23H17F4N3O5S.C9H14BNO4/c1-42-21-7-3-18(4-8-21)17-37(29-11-12-44-36-29)45(40,41)28-14-20-6-10-30(39)38(26(20)16-24(28)32)25-9-5-19(13-27(25)43-2)22-15-23(22)31(33,34)35;1-36-20-7-3-17(4-8-20)16-31(26-11-12-38-30-26)39(34,35)25-13-18-5-10-27(33)32(23(18)15-21(25)29)22-9-6-19(28)14-24(22)37-2;1-34-19-8-12(14-10-15(14)23(25,26)27)2-4-17(19)30-18-11-16(24)20(9-13(18)3-5-22(30)31)36(32,33)29-21-6-7-35-28-21;1-6-3-7(6)10-14-8(12)4-11(2)5-9(13)15-10/h3-14,16,22-23H,15,17H2,1-2H3;3-15H,16H2,1-2H3;2-9,11,14-15H,10H2,1H3,(H,28,29);6-7H,3-5H2,1-2H3/t;;;6-,7?/m...1/s1. The molecule has 0 spiro atoms. The molecule has 45 heteroatoms. The van der Waals surface area contributed by atoms with Gasteiger partial charge in [-0.2, -0.15) is 26.3 Å². The van der Waals surface area contributed by atoms with E-state index in [1.807, 2.05) is 0 Å². The number of carbonyl (C=O) groups is 2. The van der Waals surface area contributed by atoms with Gasteiger partial charge in [-0.05, 0) is 169 Å². The molecule has 18 rings (SSSR count). The van der Waals surface area contributed by atoms with E-state index in [4.69, 9.17) is 42.0 Å². The molecule has 7 heterocycles. The van der Waals surface area contributed by atoms with Crippen LogP contribution >= 0.6 is 15.9 Å². The van der Waals surface area contributed by atoms with Crippen LogP contribution in [0.2, 0.25) is 5.82 Å². The number of hydrogen-bond acceptors (Lipinski definition) is 25. The van der Waals surface area contributed by atoms with Crippen molar-refractivity contribution >= 4 is 115 Å². The number of methoxy groups -OCH3 is 5. The average Bonchev–Trinajstić information content (AvgIpc) is 1.40. The molecule has 3 aliphatic carbocycles. The largest absolute Gasteiger partial charge is 0.602 e. The van der Waals surface area contributed by atoms with Crippen LogP contribution in [0.5, 0.6) is 28.7 Å². The van der Waals surface area contributed by atoms with Gasteiger partial charge in [-0.25, -0.2) is 47.0 Å². The highest BCUT2D eigenvalue weighted by Crippen LogP contribution is 2.58. The van der Waals surface area contributed by atoms with Crippen molar-refractivity contribution in [1.82, 2.24) is 34.1 Å². The number of likely N-dealkylation sites (N-methyl/N-ethyl adjacent to an activating group) is 1. The number of alkyl halides is 6. The summed E-state index contributed by atoms with van der Waals surface area (Å²) >= 11 is 3.36. The molecule has 31 nitrogen and oxygen atoms in total. The minimum atomic E-state index is -4.59. The molecule has 0 bridgehead atoms. The third kappa shape index (κ3) is 20.7. The number of fused-ring (bicyclic) bond motifs is 3. The highest BCUT2D eigenvalue weighted by Gasteiger charge is 2.58. The van der Waals surface area contributed by atoms with E-state index in [9.17, 15) is 75.6 Å². The second-order valence-corrected chi connectivity index (χ2v) is 37.8. The summed E-state index contributed by atoms with van der Waals surface area (Å²) in [6.07, 6.45) is -4.20. The first-order chi connectivity index (χ1) is 64.2. The van der Waals surface area contributed by atoms with Crippen molar-refractivity contribution in [3.05, 3.63) is 288 Å². The van der Waals surface area contributed by atoms with Gasteiger partial charge >= 0.3 is 31.4 Å². The van der Waals surface area contributed by atoms with Gasteiger partial charge in [0.25, 0.3) is 46.7 Å². The van der Waals surface area contributed by atoms with Crippen molar-refractivity contribution in [1.29, 1.82) is 0 Å². The molecule has 6 aromatic heterocycles. The molecule has 0 amide bonds. The quantitative estimate of drug-likeness (QED) is 0.0433. The van der Waals surface area contributed by atoms with E-state index in [0.29, 0.717) is 56.5 Å². The van der Waals surface area contributed by atoms with E-state index in [1.165, 1.54) is 144 Å². The molecule has 14 aromatic rings. The van der Waals surface area contributed by atoms with Gasteiger partial charge in [-0.15, -0.1) is 0 Å². The number of aromatic nitrogens is 6. The van der Waals surface area contributed by atoms with Gasteiger partial charge in [0.15, 0.2) is 17.5 Å². The normalized spacial score (nSPS) is 17.2. The molecule has 3 saturated carbocycles. The minimum absolute atomic E-state index is 0.0186. The van der Waals surface area contributed by atoms with Crippen LogP contribution in [0.15, 0.2) is 260 Å². The SMILES string of the molecule is COc1cc(C2CC2C(F)(F)F)ccc1-n1c(=O)ccc2cc(S(=O)(=O)Nc3ccon3)c(F)cc21.COc1ccc(CN(c2ccon2)S(=O)(=O)c2cc3ccc(=O)n(-c4ccc(Br)cc4OC)c3cc2F)cc1.COc1ccc(CN(c2ccon2)S(=O)(=O)c2cc3ccc(=O)n(-c4ccc(C5CC5C(F)(F)F)cc4OC)c3cc2F)cc1.C[C@@H]1CC1B1OC(=O)CN(C)CC(=O)O1. The van der Waals surface area contributed by atoms with Gasteiger partial charge in [-0.1, -0.05) is 74.7 Å². The Labute approximate surface area is 770 Å². The van der Waals surface area contributed by atoms with Crippen molar-refractivity contribution < 1.29 is 121 Å². The predicted octanol–water partition coefficient (Wildman–Crippen LogP) is 16.0. The maximum Gasteiger partial charge on any atom is 0.602 e. The molecule has 6 atom stereocenters. The van der Waals surface area contributed by atoms with Crippen LogP contribution in [0.25, 0.3) is 49.8 Å². The monoisotopic (exact) mass is 1990 g/mol. The van der Waals surface area contributed by atoms with Crippen molar-refractivity contribution in [2.24, 2.45) is 17.8 Å². The zero-order valence-electron chi connectivity index (χ0n) is 71.8. The number of ether oxygens (including phenoxy) is 5. The van der Waals surface area contributed by atoms with Crippen LogP contribution < -0.4 is 53.7 Å². The Morgan fingerprint density at radius 1 is 0.459 bits per heavy atom. The maximum atomic E-state index is 15.9. The van der Waals surface area contributed by atoms with Gasteiger partial charge in [0.1, 0.15) is 79.7 Å². The fraction of sp³-hybridized carbons (Fsp3) is 0.244. The van der Waals surface area contributed by atoms with Gasteiger partial charge in [-0.3, -0.25) is 47.3 Å².